The zero-order valence-electron chi connectivity index (χ0n) is 10.7. The van der Waals surface area contributed by atoms with E-state index in [1.54, 1.807) is 0 Å². The Labute approximate surface area is 117 Å². The van der Waals surface area contributed by atoms with Gasteiger partial charge in [0.1, 0.15) is 0 Å². The first-order chi connectivity index (χ1) is 9.20. The number of alkyl halides is 1. The molecule has 4 nitrogen and oxygen atoms in total. The molecule has 1 aromatic carbocycles. The van der Waals surface area contributed by atoms with Crippen molar-refractivity contribution >= 4 is 29.2 Å². The van der Waals surface area contributed by atoms with E-state index in [2.05, 4.69) is 16.7 Å². The van der Waals surface area contributed by atoms with E-state index in [9.17, 15) is 9.59 Å². The highest BCUT2D eigenvalue weighted by Crippen LogP contribution is 2.27. The molecule has 0 atom stereocenters. The van der Waals surface area contributed by atoms with Crippen LogP contribution in [0.15, 0.2) is 18.2 Å². The molecule has 0 bridgehead atoms. The summed E-state index contributed by atoms with van der Waals surface area (Å²) in [6.07, 6.45) is 4.50. The highest BCUT2D eigenvalue weighted by molar-refractivity contribution is 6.19. The van der Waals surface area contributed by atoms with E-state index in [0.29, 0.717) is 0 Å². The number of imide groups is 1. The molecule has 1 aliphatic carbocycles. The number of amides is 3. The maximum atomic E-state index is 11.7. The van der Waals surface area contributed by atoms with Gasteiger partial charge in [0.05, 0.1) is 0 Å². The van der Waals surface area contributed by atoms with E-state index in [1.165, 1.54) is 17.5 Å². The van der Waals surface area contributed by atoms with Gasteiger partial charge in [-0.15, -0.1) is 11.6 Å². The summed E-state index contributed by atoms with van der Waals surface area (Å²) in [5.74, 6) is -0.155. The third kappa shape index (κ3) is 3.70. The molecule has 0 saturated carbocycles. The van der Waals surface area contributed by atoms with Gasteiger partial charge in [0.2, 0.25) is 5.91 Å². The molecule has 0 fully saturated rings. The number of nitrogens with one attached hydrogen (secondary N) is 2. The predicted octanol–water partition coefficient (Wildman–Crippen LogP) is 2.84. The topological polar surface area (TPSA) is 58.2 Å². The number of carbonyl (C=O) groups excluding carboxylic acids is 2. The Bertz CT molecular complexity index is 488. The minimum Gasteiger partial charge on any atom is -0.307 e. The summed E-state index contributed by atoms with van der Waals surface area (Å²) in [6.45, 7) is 0. The Morgan fingerprint density at radius 1 is 1.21 bits per heavy atom. The van der Waals surface area contributed by atoms with E-state index < -0.39 is 6.03 Å². The molecule has 0 unspecified atom stereocenters. The van der Waals surface area contributed by atoms with Crippen LogP contribution in [0.5, 0.6) is 0 Å². The summed E-state index contributed by atoms with van der Waals surface area (Å²) in [5.41, 5.74) is 3.28. The molecule has 0 saturated heterocycles. The van der Waals surface area contributed by atoms with Gasteiger partial charge >= 0.3 is 6.03 Å². The molecule has 0 aromatic heterocycles. The SMILES string of the molecule is O=C(CCCl)NC(=O)Nc1cccc2c1CCCC2. The number of rotatable bonds is 3. The Morgan fingerprint density at radius 2 is 2.00 bits per heavy atom. The summed E-state index contributed by atoms with van der Waals surface area (Å²) >= 11 is 5.44. The van der Waals surface area contributed by atoms with Gasteiger partial charge < -0.3 is 5.32 Å². The van der Waals surface area contributed by atoms with Crippen LogP contribution in [0.25, 0.3) is 0 Å². The molecule has 0 heterocycles. The Hall–Kier alpha value is -1.55. The van der Waals surface area contributed by atoms with Crippen LogP contribution in [0.3, 0.4) is 0 Å². The average Bonchev–Trinajstić information content (AvgIpc) is 2.39. The molecule has 1 aromatic rings. The van der Waals surface area contributed by atoms with Crippen molar-refractivity contribution in [2.24, 2.45) is 0 Å². The van der Waals surface area contributed by atoms with Crippen LogP contribution in [0, 0.1) is 0 Å². The van der Waals surface area contributed by atoms with Crippen molar-refractivity contribution in [1.82, 2.24) is 5.32 Å². The Morgan fingerprint density at radius 3 is 2.79 bits per heavy atom. The second kappa shape index (κ2) is 6.57. The predicted molar refractivity (Wildman–Crippen MR) is 75.6 cm³/mol. The molecular formula is C14H17ClN2O2. The third-order valence-corrected chi connectivity index (χ3v) is 3.41. The van der Waals surface area contributed by atoms with Crippen LogP contribution < -0.4 is 10.6 Å². The first-order valence-corrected chi connectivity index (χ1v) is 7.01. The van der Waals surface area contributed by atoms with E-state index in [-0.39, 0.29) is 18.2 Å². The highest BCUT2D eigenvalue weighted by Gasteiger charge is 2.15. The Kier molecular flexibility index (Phi) is 4.80. The minimum atomic E-state index is -0.492. The Balaban J connectivity index is 2.03. The number of aryl methyl sites for hydroxylation is 1. The van der Waals surface area contributed by atoms with Gasteiger partial charge in [-0.2, -0.15) is 0 Å². The van der Waals surface area contributed by atoms with Crippen LogP contribution in [0.1, 0.15) is 30.4 Å². The first-order valence-electron chi connectivity index (χ1n) is 6.48. The lowest BCUT2D eigenvalue weighted by molar-refractivity contribution is -0.119. The van der Waals surface area contributed by atoms with Crippen molar-refractivity contribution in [3.8, 4) is 0 Å². The third-order valence-electron chi connectivity index (χ3n) is 3.22. The largest absolute Gasteiger partial charge is 0.325 e. The summed E-state index contributed by atoms with van der Waals surface area (Å²) in [7, 11) is 0. The second-order valence-electron chi connectivity index (χ2n) is 4.59. The first kappa shape index (κ1) is 13.9. The monoisotopic (exact) mass is 280 g/mol. The fourth-order valence-corrected chi connectivity index (χ4v) is 2.50. The summed E-state index contributed by atoms with van der Waals surface area (Å²) in [4.78, 5) is 23.0. The molecule has 19 heavy (non-hydrogen) atoms. The van der Waals surface area contributed by atoms with Crippen LogP contribution in [0.4, 0.5) is 10.5 Å². The molecule has 0 radical (unpaired) electrons. The second-order valence-corrected chi connectivity index (χ2v) is 4.97. The molecule has 3 amide bonds. The lowest BCUT2D eigenvalue weighted by Crippen LogP contribution is -2.34. The van der Waals surface area contributed by atoms with Crippen LogP contribution >= 0.6 is 11.6 Å². The van der Waals surface area contributed by atoms with Crippen molar-refractivity contribution in [2.45, 2.75) is 32.1 Å². The highest BCUT2D eigenvalue weighted by atomic mass is 35.5. The lowest BCUT2D eigenvalue weighted by Gasteiger charge is -2.19. The van der Waals surface area contributed by atoms with Gasteiger partial charge in [0.15, 0.2) is 0 Å². The van der Waals surface area contributed by atoms with Crippen molar-refractivity contribution in [3.63, 3.8) is 0 Å². The van der Waals surface area contributed by atoms with E-state index in [0.717, 1.165) is 24.9 Å². The van der Waals surface area contributed by atoms with Gasteiger partial charge in [-0.05, 0) is 42.9 Å². The lowest BCUT2D eigenvalue weighted by atomic mass is 9.90. The average molecular weight is 281 g/mol. The van der Waals surface area contributed by atoms with Crippen molar-refractivity contribution in [1.29, 1.82) is 0 Å². The van der Waals surface area contributed by atoms with Crippen LogP contribution in [-0.4, -0.2) is 17.8 Å². The standard InChI is InChI=1S/C14H17ClN2O2/c15-9-8-13(18)17-14(19)16-12-7-3-5-10-4-1-2-6-11(10)12/h3,5,7H,1-2,4,6,8-9H2,(H2,16,17,18,19). The number of anilines is 1. The number of fused-ring (bicyclic) bond motifs is 1. The molecule has 0 spiro atoms. The number of benzene rings is 1. The van der Waals surface area contributed by atoms with Crippen molar-refractivity contribution in [2.75, 3.05) is 11.2 Å². The van der Waals surface area contributed by atoms with Gasteiger partial charge in [0.25, 0.3) is 0 Å². The van der Waals surface area contributed by atoms with Crippen LogP contribution in [0.2, 0.25) is 0 Å². The molecule has 2 N–H and O–H groups in total. The quantitative estimate of drug-likeness (QED) is 0.837. The number of halogens is 1. The smallest absolute Gasteiger partial charge is 0.307 e. The minimum absolute atomic E-state index is 0.141. The van der Waals surface area contributed by atoms with Gasteiger partial charge in [-0.3, -0.25) is 10.1 Å². The molecular weight excluding hydrogens is 264 g/mol. The summed E-state index contributed by atoms with van der Waals surface area (Å²) in [5, 5.41) is 5.01. The van der Waals surface area contributed by atoms with E-state index in [4.69, 9.17) is 11.6 Å². The normalized spacial score (nSPS) is 13.5. The number of urea groups is 1. The van der Waals surface area contributed by atoms with Gasteiger partial charge in [-0.25, -0.2) is 4.79 Å². The number of carbonyl (C=O) groups is 2. The molecule has 0 aliphatic heterocycles. The number of hydrogen-bond acceptors (Lipinski definition) is 2. The van der Waals surface area contributed by atoms with Crippen molar-refractivity contribution < 1.29 is 9.59 Å². The summed E-state index contributed by atoms with van der Waals surface area (Å²) < 4.78 is 0. The maximum absolute atomic E-state index is 11.7. The zero-order valence-corrected chi connectivity index (χ0v) is 11.4. The van der Waals surface area contributed by atoms with E-state index in [1.807, 2.05) is 12.1 Å². The van der Waals surface area contributed by atoms with Gasteiger partial charge in [0, 0.05) is 18.0 Å². The molecule has 102 valence electrons. The fourth-order valence-electron chi connectivity index (χ4n) is 2.33. The zero-order chi connectivity index (χ0) is 13.7. The molecule has 5 heteroatoms. The molecule has 2 rings (SSSR count). The van der Waals surface area contributed by atoms with Gasteiger partial charge in [-0.1, -0.05) is 12.1 Å². The summed E-state index contributed by atoms with van der Waals surface area (Å²) in [6, 6.07) is 5.40. The van der Waals surface area contributed by atoms with Crippen LogP contribution in [-0.2, 0) is 17.6 Å². The maximum Gasteiger partial charge on any atom is 0.325 e. The number of hydrogen-bond donors (Lipinski definition) is 2. The van der Waals surface area contributed by atoms with Crippen molar-refractivity contribution in [3.05, 3.63) is 29.3 Å². The fraction of sp³-hybridized carbons (Fsp3) is 0.429. The van der Waals surface area contributed by atoms with E-state index >= 15 is 0 Å². The molecule has 1 aliphatic rings.